The molecule has 2 aliphatic rings. The van der Waals surface area contributed by atoms with Crippen LogP contribution >= 0.6 is 0 Å². The zero-order chi connectivity index (χ0) is 7.14. The Balaban J connectivity index is 1.92. The van der Waals surface area contributed by atoms with Gasteiger partial charge in [-0.15, -0.1) is 0 Å². The minimum atomic E-state index is 0.403. The molecule has 0 saturated heterocycles. The molecule has 10 heavy (non-hydrogen) atoms. The molecule has 0 N–H and O–H groups in total. The molecule has 2 nitrogen and oxygen atoms in total. The Morgan fingerprint density at radius 2 is 2.50 bits per heavy atom. The van der Waals surface area contributed by atoms with Crippen LogP contribution in [-0.4, -0.2) is 19.5 Å². The van der Waals surface area contributed by atoms with Gasteiger partial charge >= 0.3 is 0 Å². The summed E-state index contributed by atoms with van der Waals surface area (Å²) in [5, 5.41) is 0. The van der Waals surface area contributed by atoms with Gasteiger partial charge in [0.15, 0.2) is 0 Å². The Labute approximate surface area is 60.6 Å². The minimum Gasteiger partial charge on any atom is -0.384 e. The highest BCUT2D eigenvalue weighted by atomic mass is 16.5. The first-order valence-electron chi connectivity index (χ1n) is 3.86. The lowest BCUT2D eigenvalue weighted by atomic mass is 10.1. The first-order valence-corrected chi connectivity index (χ1v) is 3.86. The van der Waals surface area contributed by atoms with Crippen molar-refractivity contribution in [2.75, 3.05) is 13.7 Å². The number of hydrogen-bond donors (Lipinski definition) is 0. The van der Waals surface area contributed by atoms with Crippen LogP contribution in [0.3, 0.4) is 0 Å². The third kappa shape index (κ3) is 0.717. The number of rotatable bonds is 2. The molecule has 0 spiro atoms. The fourth-order valence-electron chi connectivity index (χ4n) is 2.21. The molecule has 0 radical (unpaired) electrons. The number of hydrogen-bond acceptors (Lipinski definition) is 2. The Morgan fingerprint density at radius 1 is 1.70 bits per heavy atom. The van der Waals surface area contributed by atoms with Crippen molar-refractivity contribution >= 4 is 5.78 Å². The maximum Gasteiger partial charge on any atom is 0.136 e. The van der Waals surface area contributed by atoms with Crippen molar-refractivity contribution in [3.63, 3.8) is 0 Å². The number of fused-ring (bicyclic) bond motifs is 1. The van der Waals surface area contributed by atoms with Gasteiger partial charge in [0.05, 0.1) is 0 Å². The minimum absolute atomic E-state index is 0.403. The van der Waals surface area contributed by atoms with E-state index in [1.807, 2.05) is 0 Å². The zero-order valence-electron chi connectivity index (χ0n) is 6.17. The van der Waals surface area contributed by atoms with Crippen LogP contribution in [0.4, 0.5) is 0 Å². The van der Waals surface area contributed by atoms with Crippen LogP contribution in [-0.2, 0) is 9.53 Å². The predicted octanol–water partition coefficient (Wildman–Crippen LogP) is 0.858. The molecule has 3 atom stereocenters. The lowest BCUT2D eigenvalue weighted by Crippen LogP contribution is -2.03. The van der Waals surface area contributed by atoms with Crippen molar-refractivity contribution < 1.29 is 9.53 Å². The molecule has 56 valence electrons. The summed E-state index contributed by atoms with van der Waals surface area (Å²) >= 11 is 0. The average molecular weight is 140 g/mol. The highest BCUT2D eigenvalue weighted by molar-refractivity contribution is 5.87. The van der Waals surface area contributed by atoms with Gasteiger partial charge in [-0.25, -0.2) is 0 Å². The molecule has 0 aromatic rings. The second-order valence-corrected chi connectivity index (χ2v) is 3.31. The van der Waals surface area contributed by atoms with Gasteiger partial charge in [0.1, 0.15) is 5.78 Å². The molecule has 2 aliphatic carbocycles. The summed E-state index contributed by atoms with van der Waals surface area (Å²) in [7, 11) is 1.71. The van der Waals surface area contributed by atoms with E-state index in [9.17, 15) is 4.79 Å². The molecule has 0 amide bonds. The van der Waals surface area contributed by atoms with Gasteiger partial charge in [0.2, 0.25) is 0 Å². The summed E-state index contributed by atoms with van der Waals surface area (Å²) < 4.78 is 5.00. The van der Waals surface area contributed by atoms with E-state index in [4.69, 9.17) is 4.74 Å². The number of ketones is 1. The van der Waals surface area contributed by atoms with Gasteiger partial charge in [-0.3, -0.25) is 4.79 Å². The normalized spacial score (nSPS) is 43.7. The van der Waals surface area contributed by atoms with Crippen molar-refractivity contribution in [2.24, 2.45) is 17.8 Å². The number of carbonyl (C=O) groups is 1. The fraction of sp³-hybridized carbons (Fsp3) is 0.875. The van der Waals surface area contributed by atoms with Gasteiger partial charge < -0.3 is 4.74 Å². The van der Waals surface area contributed by atoms with E-state index >= 15 is 0 Å². The second-order valence-electron chi connectivity index (χ2n) is 3.31. The average Bonchev–Trinajstić information content (AvgIpc) is 2.45. The molecule has 0 aliphatic heterocycles. The summed E-state index contributed by atoms with van der Waals surface area (Å²) in [6.45, 7) is 0.793. The number of ether oxygens (including phenoxy) is 1. The van der Waals surface area contributed by atoms with Gasteiger partial charge in [0, 0.05) is 26.1 Å². The number of Topliss-reactive ketones (excluding diaryl/α,β-unsaturated/α-hetero) is 1. The smallest absolute Gasteiger partial charge is 0.136 e. The van der Waals surface area contributed by atoms with Crippen LogP contribution in [0.25, 0.3) is 0 Å². The predicted molar refractivity (Wildman–Crippen MR) is 36.6 cm³/mol. The van der Waals surface area contributed by atoms with Gasteiger partial charge in [-0.2, -0.15) is 0 Å². The molecule has 2 rings (SSSR count). The van der Waals surface area contributed by atoms with E-state index in [1.165, 1.54) is 0 Å². The lowest BCUT2D eigenvalue weighted by Gasteiger charge is -1.98. The van der Waals surface area contributed by atoms with E-state index in [1.54, 1.807) is 7.11 Å². The third-order valence-electron chi connectivity index (χ3n) is 2.79. The molecule has 2 saturated carbocycles. The standard InChI is InChI=1S/C8H12O2/c1-10-4-6-5-2-3-7(9)8(5)6/h5-6,8H,2-4H2,1H3/t5-,6+,8-/m0/s1. The van der Waals surface area contributed by atoms with Crippen LogP contribution in [0.5, 0.6) is 0 Å². The van der Waals surface area contributed by atoms with E-state index in [2.05, 4.69) is 0 Å². The molecular weight excluding hydrogens is 128 g/mol. The van der Waals surface area contributed by atoms with E-state index in [0.717, 1.165) is 19.4 Å². The molecule has 0 heterocycles. The quantitative estimate of drug-likeness (QED) is 0.568. The van der Waals surface area contributed by atoms with Gasteiger partial charge in [0.25, 0.3) is 0 Å². The first kappa shape index (κ1) is 6.35. The molecule has 2 fully saturated rings. The van der Waals surface area contributed by atoms with Crippen LogP contribution in [0, 0.1) is 17.8 Å². The van der Waals surface area contributed by atoms with Gasteiger partial charge in [-0.05, 0) is 18.3 Å². The molecule has 2 heteroatoms. The van der Waals surface area contributed by atoms with Crippen LogP contribution < -0.4 is 0 Å². The van der Waals surface area contributed by atoms with E-state index in [-0.39, 0.29) is 0 Å². The maximum atomic E-state index is 11.0. The molecule has 0 bridgehead atoms. The Morgan fingerprint density at radius 3 is 3.00 bits per heavy atom. The second kappa shape index (κ2) is 2.06. The van der Waals surface area contributed by atoms with E-state index < -0.39 is 0 Å². The Bertz CT molecular complexity index is 165. The molecule has 0 aromatic heterocycles. The van der Waals surface area contributed by atoms with E-state index in [0.29, 0.717) is 23.5 Å². The number of methoxy groups -OCH3 is 1. The monoisotopic (exact) mass is 140 g/mol. The summed E-state index contributed by atoms with van der Waals surface area (Å²) in [6.07, 6.45) is 1.95. The topological polar surface area (TPSA) is 26.3 Å². The number of carbonyl (C=O) groups excluding carboxylic acids is 1. The SMILES string of the molecule is COC[C@@H]1[C@@H]2CCC(=O)[C@H]12. The Hall–Kier alpha value is -0.370. The zero-order valence-corrected chi connectivity index (χ0v) is 6.17. The highest BCUT2D eigenvalue weighted by Crippen LogP contribution is 2.55. The van der Waals surface area contributed by atoms with Crippen molar-refractivity contribution in [2.45, 2.75) is 12.8 Å². The highest BCUT2D eigenvalue weighted by Gasteiger charge is 2.57. The summed E-state index contributed by atoms with van der Waals surface area (Å²) in [5.41, 5.74) is 0. The largest absolute Gasteiger partial charge is 0.384 e. The first-order chi connectivity index (χ1) is 4.84. The summed E-state index contributed by atoms with van der Waals surface area (Å²) in [6, 6.07) is 0. The summed E-state index contributed by atoms with van der Waals surface area (Å²) in [4.78, 5) is 11.0. The third-order valence-corrected chi connectivity index (χ3v) is 2.79. The fourth-order valence-corrected chi connectivity index (χ4v) is 2.21. The Kier molecular flexibility index (Phi) is 1.31. The van der Waals surface area contributed by atoms with Crippen LogP contribution in [0.1, 0.15) is 12.8 Å². The summed E-state index contributed by atoms with van der Waals surface area (Å²) in [5.74, 6) is 2.17. The van der Waals surface area contributed by atoms with Crippen molar-refractivity contribution in [3.8, 4) is 0 Å². The van der Waals surface area contributed by atoms with Gasteiger partial charge in [-0.1, -0.05) is 0 Å². The maximum absolute atomic E-state index is 11.0. The van der Waals surface area contributed by atoms with Crippen molar-refractivity contribution in [1.29, 1.82) is 0 Å². The molecule has 0 unspecified atom stereocenters. The van der Waals surface area contributed by atoms with Crippen molar-refractivity contribution in [3.05, 3.63) is 0 Å². The van der Waals surface area contributed by atoms with Crippen LogP contribution in [0.15, 0.2) is 0 Å². The van der Waals surface area contributed by atoms with Crippen molar-refractivity contribution in [1.82, 2.24) is 0 Å². The molecular formula is C8H12O2. The lowest BCUT2D eigenvalue weighted by molar-refractivity contribution is -0.119. The van der Waals surface area contributed by atoms with Crippen LogP contribution in [0.2, 0.25) is 0 Å². The molecule has 0 aromatic carbocycles.